The van der Waals surface area contributed by atoms with E-state index in [0.717, 1.165) is 0 Å². The van der Waals surface area contributed by atoms with Crippen LogP contribution in [0, 0.1) is 0 Å². The molecule has 0 aliphatic rings. The maximum atomic E-state index is 12.3. The van der Waals surface area contributed by atoms with Crippen LogP contribution in [0.4, 0.5) is 0 Å². The fourth-order valence-electron chi connectivity index (χ4n) is 1.81. The summed E-state index contributed by atoms with van der Waals surface area (Å²) in [6, 6.07) is 17.7. The molecule has 2 amide bonds. The van der Waals surface area contributed by atoms with E-state index in [1.54, 1.807) is 62.6 Å². The number of hydrazine groups is 1. The molecule has 0 fully saturated rings. The second kappa shape index (κ2) is 6.02. The van der Waals surface area contributed by atoms with Crippen LogP contribution in [0.5, 0.6) is 0 Å². The molecule has 0 atom stereocenters. The Morgan fingerprint density at radius 3 is 1.25 bits per heavy atom. The second-order valence-corrected chi connectivity index (χ2v) is 4.39. The molecule has 0 N–H and O–H groups in total. The van der Waals surface area contributed by atoms with Gasteiger partial charge in [-0.15, -0.1) is 0 Å². The monoisotopic (exact) mass is 268 g/mol. The van der Waals surface area contributed by atoms with Crippen LogP contribution in [0.1, 0.15) is 20.7 Å². The highest BCUT2D eigenvalue weighted by Gasteiger charge is 2.20. The Kier molecular flexibility index (Phi) is 4.15. The van der Waals surface area contributed by atoms with E-state index in [2.05, 4.69) is 0 Å². The summed E-state index contributed by atoms with van der Waals surface area (Å²) in [7, 11) is 3.16. The van der Waals surface area contributed by atoms with Gasteiger partial charge >= 0.3 is 0 Å². The van der Waals surface area contributed by atoms with Gasteiger partial charge in [0.25, 0.3) is 11.8 Å². The minimum atomic E-state index is -0.225. The lowest BCUT2D eigenvalue weighted by Crippen LogP contribution is -2.44. The summed E-state index contributed by atoms with van der Waals surface area (Å²) in [6.45, 7) is 0. The number of carbonyl (C=O) groups excluding carboxylic acids is 2. The van der Waals surface area contributed by atoms with E-state index in [1.165, 1.54) is 10.0 Å². The Balaban J connectivity index is 2.15. The van der Waals surface area contributed by atoms with Crippen molar-refractivity contribution in [3.05, 3.63) is 71.8 Å². The van der Waals surface area contributed by atoms with E-state index in [1.807, 2.05) is 12.1 Å². The number of hydrogen-bond acceptors (Lipinski definition) is 2. The van der Waals surface area contributed by atoms with Crippen LogP contribution in [0.2, 0.25) is 0 Å². The van der Waals surface area contributed by atoms with Gasteiger partial charge < -0.3 is 0 Å². The summed E-state index contributed by atoms with van der Waals surface area (Å²) in [4.78, 5) is 24.5. The van der Waals surface area contributed by atoms with Crippen LogP contribution in [-0.2, 0) is 0 Å². The molecule has 0 aliphatic carbocycles. The molecule has 2 aromatic carbocycles. The van der Waals surface area contributed by atoms with Crippen molar-refractivity contribution in [1.29, 1.82) is 0 Å². The molecule has 0 saturated carbocycles. The molecule has 0 unspecified atom stereocenters. The van der Waals surface area contributed by atoms with Gasteiger partial charge in [-0.3, -0.25) is 19.6 Å². The van der Waals surface area contributed by atoms with Gasteiger partial charge in [0.15, 0.2) is 0 Å². The first-order valence-corrected chi connectivity index (χ1v) is 6.27. The number of hydrogen-bond donors (Lipinski definition) is 0. The zero-order valence-electron chi connectivity index (χ0n) is 11.5. The molecule has 4 nitrogen and oxygen atoms in total. The molecule has 0 aliphatic heterocycles. The molecule has 0 aromatic heterocycles. The molecular formula is C16H16N2O2. The molecule has 2 rings (SSSR count). The van der Waals surface area contributed by atoms with Crippen LogP contribution in [0.15, 0.2) is 60.7 Å². The maximum Gasteiger partial charge on any atom is 0.272 e. The van der Waals surface area contributed by atoms with Crippen molar-refractivity contribution in [3.8, 4) is 0 Å². The van der Waals surface area contributed by atoms with Crippen molar-refractivity contribution < 1.29 is 9.59 Å². The summed E-state index contributed by atoms with van der Waals surface area (Å²) in [5, 5.41) is 2.62. The Bertz CT molecular complexity index is 541. The van der Waals surface area contributed by atoms with Gasteiger partial charge in [-0.2, -0.15) is 0 Å². The third kappa shape index (κ3) is 2.85. The Morgan fingerprint density at radius 1 is 0.650 bits per heavy atom. The first kappa shape index (κ1) is 13.8. The van der Waals surface area contributed by atoms with Crippen LogP contribution in [0.3, 0.4) is 0 Å². The standard InChI is InChI=1S/C16H16N2O2/c1-17(15(19)13-9-5-3-6-10-13)18(2)16(20)14-11-7-4-8-12-14/h3-12H,1-2H3. The summed E-state index contributed by atoms with van der Waals surface area (Å²) in [5.74, 6) is -0.449. The zero-order valence-corrected chi connectivity index (χ0v) is 11.5. The molecule has 0 saturated heterocycles. The van der Waals surface area contributed by atoms with Crippen LogP contribution < -0.4 is 0 Å². The summed E-state index contributed by atoms with van der Waals surface area (Å²) in [5.41, 5.74) is 1.09. The lowest BCUT2D eigenvalue weighted by molar-refractivity contribution is 0.0186. The molecule has 4 heteroatoms. The average Bonchev–Trinajstić information content (AvgIpc) is 2.53. The van der Waals surface area contributed by atoms with Gasteiger partial charge in [-0.05, 0) is 24.3 Å². The quantitative estimate of drug-likeness (QED) is 0.785. The fourth-order valence-corrected chi connectivity index (χ4v) is 1.81. The minimum absolute atomic E-state index is 0.225. The van der Waals surface area contributed by atoms with Gasteiger partial charge in [-0.1, -0.05) is 36.4 Å². The predicted octanol–water partition coefficient (Wildman–Crippen LogP) is 2.45. The molecule has 20 heavy (non-hydrogen) atoms. The predicted molar refractivity (Wildman–Crippen MR) is 77.1 cm³/mol. The van der Waals surface area contributed by atoms with Crippen molar-refractivity contribution in [3.63, 3.8) is 0 Å². The van der Waals surface area contributed by atoms with Gasteiger partial charge in [0.1, 0.15) is 0 Å². The third-order valence-corrected chi connectivity index (χ3v) is 3.08. The fraction of sp³-hybridized carbons (Fsp3) is 0.125. The third-order valence-electron chi connectivity index (χ3n) is 3.08. The Labute approximate surface area is 118 Å². The van der Waals surface area contributed by atoms with E-state index < -0.39 is 0 Å². The molecule has 102 valence electrons. The highest BCUT2D eigenvalue weighted by atomic mass is 16.2. The number of carbonyl (C=O) groups is 2. The zero-order chi connectivity index (χ0) is 14.5. The number of amides is 2. The van der Waals surface area contributed by atoms with E-state index in [4.69, 9.17) is 0 Å². The average molecular weight is 268 g/mol. The van der Waals surface area contributed by atoms with E-state index in [9.17, 15) is 9.59 Å². The molecule has 0 spiro atoms. The molecule has 0 heterocycles. The smallest absolute Gasteiger partial charge is 0.267 e. The lowest BCUT2D eigenvalue weighted by Gasteiger charge is -2.28. The second-order valence-electron chi connectivity index (χ2n) is 4.39. The van der Waals surface area contributed by atoms with Crippen molar-refractivity contribution in [2.75, 3.05) is 14.1 Å². The van der Waals surface area contributed by atoms with Crippen molar-refractivity contribution in [2.24, 2.45) is 0 Å². The number of benzene rings is 2. The molecule has 0 bridgehead atoms. The summed E-state index contributed by atoms with van der Waals surface area (Å²) >= 11 is 0. The highest BCUT2D eigenvalue weighted by molar-refractivity contribution is 5.98. The molecule has 0 radical (unpaired) electrons. The summed E-state index contributed by atoms with van der Waals surface area (Å²) < 4.78 is 0. The topological polar surface area (TPSA) is 40.6 Å². The maximum absolute atomic E-state index is 12.3. The number of nitrogens with zero attached hydrogens (tertiary/aromatic N) is 2. The Morgan fingerprint density at radius 2 is 0.950 bits per heavy atom. The molecule has 2 aromatic rings. The van der Waals surface area contributed by atoms with Gasteiger partial charge in [0.05, 0.1) is 0 Å². The van der Waals surface area contributed by atoms with Crippen molar-refractivity contribution >= 4 is 11.8 Å². The van der Waals surface area contributed by atoms with Crippen LogP contribution in [-0.4, -0.2) is 35.9 Å². The van der Waals surface area contributed by atoms with Gasteiger partial charge in [0.2, 0.25) is 0 Å². The van der Waals surface area contributed by atoms with Crippen molar-refractivity contribution in [2.45, 2.75) is 0 Å². The normalized spacial score (nSPS) is 9.90. The first-order valence-electron chi connectivity index (χ1n) is 6.27. The number of rotatable bonds is 2. The SMILES string of the molecule is CN(C(=O)c1ccccc1)N(C)C(=O)c1ccccc1. The Hall–Kier alpha value is -2.62. The van der Waals surface area contributed by atoms with E-state index in [0.29, 0.717) is 11.1 Å². The van der Waals surface area contributed by atoms with E-state index in [-0.39, 0.29) is 11.8 Å². The minimum Gasteiger partial charge on any atom is -0.267 e. The first-order chi connectivity index (χ1) is 9.61. The largest absolute Gasteiger partial charge is 0.272 e. The van der Waals surface area contributed by atoms with Gasteiger partial charge in [-0.25, -0.2) is 0 Å². The van der Waals surface area contributed by atoms with Gasteiger partial charge in [0, 0.05) is 25.2 Å². The van der Waals surface area contributed by atoms with Crippen LogP contribution in [0.25, 0.3) is 0 Å². The van der Waals surface area contributed by atoms with E-state index >= 15 is 0 Å². The summed E-state index contributed by atoms with van der Waals surface area (Å²) in [6.07, 6.45) is 0. The highest BCUT2D eigenvalue weighted by Crippen LogP contribution is 2.09. The molecular weight excluding hydrogens is 252 g/mol. The van der Waals surface area contributed by atoms with Crippen molar-refractivity contribution in [1.82, 2.24) is 10.0 Å². The van der Waals surface area contributed by atoms with Crippen LogP contribution >= 0.6 is 0 Å². The lowest BCUT2D eigenvalue weighted by atomic mass is 10.2.